The number of carbonyl (C=O) groups is 1. The van der Waals surface area contributed by atoms with Crippen LogP contribution in [-0.2, 0) is 16.6 Å². The van der Waals surface area contributed by atoms with Crippen molar-refractivity contribution in [3.8, 4) is 22.4 Å². The highest BCUT2D eigenvalue weighted by molar-refractivity contribution is 7.98. The third kappa shape index (κ3) is 6.02. The summed E-state index contributed by atoms with van der Waals surface area (Å²) in [5, 5.41) is 2.30. The Hall–Kier alpha value is -3.97. The van der Waals surface area contributed by atoms with Gasteiger partial charge in [-0.3, -0.25) is 8.77 Å². The SMILES string of the molecule is COC(=O)C1=CC(Cl)=C(c2cccc(-c3c(-c4cccn(C)c4=O)c4cc(P)ccc4n3Sc3ccc(C(F)F)cc3)c2)CC1. The monoisotopic (exact) mass is 660 g/mol. The van der Waals surface area contributed by atoms with Crippen LogP contribution in [0.25, 0.3) is 38.9 Å². The van der Waals surface area contributed by atoms with E-state index in [2.05, 4.69) is 13.2 Å². The predicted molar refractivity (Wildman–Crippen MR) is 182 cm³/mol. The predicted octanol–water partition coefficient (Wildman–Crippen LogP) is 8.51. The van der Waals surface area contributed by atoms with E-state index in [-0.39, 0.29) is 11.1 Å². The summed E-state index contributed by atoms with van der Waals surface area (Å²) >= 11 is 8.11. The summed E-state index contributed by atoms with van der Waals surface area (Å²) in [5.74, 6) is -0.397. The molecule has 0 bridgehead atoms. The lowest BCUT2D eigenvalue weighted by Gasteiger charge is -2.18. The molecule has 0 aliphatic heterocycles. The van der Waals surface area contributed by atoms with Crippen LogP contribution in [0.15, 0.2) is 111 Å². The molecule has 10 heteroatoms. The molecule has 0 fully saturated rings. The first kappa shape index (κ1) is 31.0. The van der Waals surface area contributed by atoms with Crippen LogP contribution in [0.3, 0.4) is 0 Å². The van der Waals surface area contributed by atoms with E-state index < -0.39 is 12.4 Å². The van der Waals surface area contributed by atoms with Crippen molar-refractivity contribution >= 4 is 60.5 Å². The van der Waals surface area contributed by atoms with Crippen molar-refractivity contribution in [3.63, 3.8) is 0 Å². The molecule has 5 aromatic rings. The molecule has 6 rings (SSSR count). The van der Waals surface area contributed by atoms with Crippen molar-refractivity contribution < 1.29 is 18.3 Å². The minimum atomic E-state index is -2.56. The highest BCUT2D eigenvalue weighted by Gasteiger charge is 2.25. The van der Waals surface area contributed by atoms with Gasteiger partial charge in [-0.15, -0.1) is 9.24 Å². The van der Waals surface area contributed by atoms with Gasteiger partial charge in [0.1, 0.15) is 0 Å². The average molecular weight is 661 g/mol. The van der Waals surface area contributed by atoms with Crippen LogP contribution < -0.4 is 10.9 Å². The van der Waals surface area contributed by atoms with Gasteiger partial charge in [-0.05, 0) is 89.8 Å². The number of hydrogen-bond acceptors (Lipinski definition) is 4. The smallest absolute Gasteiger partial charge is 0.333 e. The van der Waals surface area contributed by atoms with E-state index in [1.807, 2.05) is 54.6 Å². The minimum absolute atomic E-state index is 0.0483. The van der Waals surface area contributed by atoms with E-state index in [0.717, 1.165) is 49.1 Å². The summed E-state index contributed by atoms with van der Waals surface area (Å²) < 4.78 is 35.2. The van der Waals surface area contributed by atoms with Gasteiger partial charge in [0.05, 0.1) is 18.3 Å². The second-order valence-electron chi connectivity index (χ2n) is 10.7. The highest BCUT2D eigenvalue weighted by Crippen LogP contribution is 2.45. The van der Waals surface area contributed by atoms with Crippen LogP contribution in [0.5, 0.6) is 0 Å². The second-order valence-corrected chi connectivity index (χ2v) is 12.8. The molecule has 2 aromatic heterocycles. The Kier molecular flexibility index (Phi) is 8.82. The fourth-order valence-corrected chi connectivity index (χ4v) is 7.21. The summed E-state index contributed by atoms with van der Waals surface area (Å²) in [5.41, 5.74) is 5.90. The zero-order chi connectivity index (χ0) is 31.8. The molecule has 228 valence electrons. The number of hydrogen-bond donors (Lipinski definition) is 0. The first-order chi connectivity index (χ1) is 21.7. The van der Waals surface area contributed by atoms with Crippen LogP contribution in [0.1, 0.15) is 30.4 Å². The number of methoxy groups -OCH3 is 1. The molecular formula is C35H28ClF2N2O3PS. The number of nitrogens with zero attached hydrogens (tertiary/aromatic N) is 2. The molecule has 0 spiro atoms. The lowest BCUT2D eigenvalue weighted by Crippen LogP contribution is -2.17. The van der Waals surface area contributed by atoms with Crippen LogP contribution in [0.4, 0.5) is 8.78 Å². The minimum Gasteiger partial charge on any atom is -0.466 e. The van der Waals surface area contributed by atoms with E-state index in [4.69, 9.17) is 16.3 Å². The van der Waals surface area contributed by atoms with E-state index in [9.17, 15) is 18.4 Å². The number of halogens is 3. The van der Waals surface area contributed by atoms with Crippen molar-refractivity contribution in [2.75, 3.05) is 7.11 Å². The van der Waals surface area contributed by atoms with Gasteiger partial charge in [0, 0.05) is 56.4 Å². The van der Waals surface area contributed by atoms with Crippen LogP contribution >= 0.6 is 32.8 Å². The summed E-state index contributed by atoms with van der Waals surface area (Å²) in [7, 11) is 5.79. The maximum absolute atomic E-state index is 13.6. The van der Waals surface area contributed by atoms with Crippen LogP contribution in [0, 0.1) is 0 Å². The molecule has 0 N–H and O–H groups in total. The Labute approximate surface area is 270 Å². The molecule has 0 saturated carbocycles. The topological polar surface area (TPSA) is 53.2 Å². The van der Waals surface area contributed by atoms with Crippen molar-refractivity contribution in [3.05, 3.63) is 123 Å². The highest BCUT2D eigenvalue weighted by atomic mass is 35.5. The van der Waals surface area contributed by atoms with E-state index in [0.29, 0.717) is 29.0 Å². The number of allylic oxidation sites excluding steroid dienone is 3. The molecule has 0 saturated heterocycles. The summed E-state index contributed by atoms with van der Waals surface area (Å²) in [6.07, 6.45) is 1.87. The molecule has 5 nitrogen and oxygen atoms in total. The van der Waals surface area contributed by atoms with Gasteiger partial charge in [-0.1, -0.05) is 48.0 Å². The van der Waals surface area contributed by atoms with Crippen molar-refractivity contribution in [2.45, 2.75) is 24.2 Å². The molecule has 2 heterocycles. The molecular weight excluding hydrogens is 633 g/mol. The molecule has 1 unspecified atom stereocenters. The maximum Gasteiger partial charge on any atom is 0.333 e. The zero-order valence-corrected chi connectivity index (χ0v) is 27.1. The molecule has 1 atom stereocenters. The van der Waals surface area contributed by atoms with E-state index >= 15 is 0 Å². The molecule has 0 amide bonds. The fourth-order valence-electron chi connectivity index (χ4n) is 5.60. The number of aryl methyl sites for hydroxylation is 1. The quantitative estimate of drug-likeness (QED) is 0.130. The molecule has 1 aliphatic rings. The van der Waals surface area contributed by atoms with Crippen molar-refractivity contribution in [1.29, 1.82) is 0 Å². The number of ether oxygens (including phenoxy) is 1. The number of alkyl halides is 2. The third-order valence-corrected chi connectivity index (χ3v) is 9.58. The number of fused-ring (bicyclic) bond motifs is 1. The zero-order valence-electron chi connectivity index (χ0n) is 24.4. The standard InChI is InChI=1S/C35H28ClF2N2O3PS/c1-39-16-4-7-27(34(39)41)31-28-19-24(44)11-15-30(28)40(45-25-12-8-20(9-13-25)33(37)38)32(31)22-6-3-5-21(17-22)26-14-10-23(18-29(26)36)35(42)43-2/h3-9,11-13,15-19,33H,10,14,44H2,1-2H3. The summed E-state index contributed by atoms with van der Waals surface area (Å²) in [6, 6.07) is 23.9. The first-order valence-electron chi connectivity index (χ1n) is 14.1. The van der Waals surface area contributed by atoms with E-state index in [1.165, 1.54) is 31.2 Å². The largest absolute Gasteiger partial charge is 0.466 e. The lowest BCUT2D eigenvalue weighted by molar-refractivity contribution is -0.136. The van der Waals surface area contributed by atoms with Gasteiger partial charge in [-0.2, -0.15) is 0 Å². The summed E-state index contributed by atoms with van der Waals surface area (Å²) in [6.45, 7) is 0. The Morgan fingerprint density at radius 2 is 1.76 bits per heavy atom. The Balaban J connectivity index is 1.61. The third-order valence-electron chi connectivity index (χ3n) is 7.84. The van der Waals surface area contributed by atoms with Crippen LogP contribution in [-0.4, -0.2) is 21.6 Å². The Morgan fingerprint density at radius 3 is 2.47 bits per heavy atom. The summed E-state index contributed by atoms with van der Waals surface area (Å²) in [4.78, 5) is 26.5. The normalized spacial score (nSPS) is 13.4. The maximum atomic E-state index is 13.6. The van der Waals surface area contributed by atoms with Gasteiger partial charge >= 0.3 is 5.97 Å². The fraction of sp³-hybridized carbons (Fsp3) is 0.143. The van der Waals surface area contributed by atoms with Crippen molar-refractivity contribution in [1.82, 2.24) is 8.54 Å². The van der Waals surface area contributed by atoms with Crippen molar-refractivity contribution in [2.24, 2.45) is 7.05 Å². The average Bonchev–Trinajstić information content (AvgIpc) is 3.34. The number of rotatable bonds is 7. The Morgan fingerprint density at radius 1 is 1.00 bits per heavy atom. The second kappa shape index (κ2) is 12.8. The Bertz CT molecular complexity index is 2080. The molecule has 45 heavy (non-hydrogen) atoms. The molecule has 3 aromatic carbocycles. The van der Waals surface area contributed by atoms with Gasteiger partial charge in [0.2, 0.25) is 0 Å². The van der Waals surface area contributed by atoms with Gasteiger partial charge < -0.3 is 9.30 Å². The molecule has 0 radical (unpaired) electrons. The number of benzene rings is 3. The van der Waals surface area contributed by atoms with Gasteiger partial charge in [0.15, 0.2) is 0 Å². The number of aromatic nitrogens is 2. The number of esters is 1. The number of carbonyl (C=O) groups excluding carboxylic acids is 1. The molecule has 1 aliphatic carbocycles. The van der Waals surface area contributed by atoms with Gasteiger partial charge in [-0.25, -0.2) is 13.6 Å². The van der Waals surface area contributed by atoms with Gasteiger partial charge in [0.25, 0.3) is 12.0 Å². The lowest BCUT2D eigenvalue weighted by atomic mass is 9.91. The van der Waals surface area contributed by atoms with E-state index in [1.54, 1.807) is 36.0 Å². The van der Waals surface area contributed by atoms with Crippen LogP contribution in [0.2, 0.25) is 0 Å². The first-order valence-corrected chi connectivity index (χ1v) is 15.8. The number of pyridine rings is 1.